The van der Waals surface area contributed by atoms with Crippen molar-refractivity contribution in [2.75, 3.05) is 6.61 Å². The van der Waals surface area contributed by atoms with Crippen molar-refractivity contribution in [1.29, 1.82) is 0 Å². The topological polar surface area (TPSA) is 66.0 Å². The molecule has 1 saturated heterocycles. The first-order valence-corrected chi connectivity index (χ1v) is 10.3. The molecule has 0 aliphatic carbocycles. The molecule has 1 aromatic carbocycles. The number of nitrogens with zero attached hydrogens (tertiary/aromatic N) is 4. The van der Waals surface area contributed by atoms with Gasteiger partial charge in [0.25, 0.3) is 0 Å². The first-order valence-electron chi connectivity index (χ1n) is 8.97. The van der Waals surface area contributed by atoms with E-state index in [1.807, 2.05) is 31.2 Å². The third-order valence-corrected chi connectivity index (χ3v) is 5.94. The Morgan fingerprint density at radius 2 is 2.04 bits per heavy atom. The standard InChI is InChI=1S/C19H21ClN4O2S/c1-12-13(2)24(10-16-4-3-9-25-16)19(21-12)27-11-17-22-18(23-26-17)14-5-7-15(20)8-6-14/h5-8,16H,3-4,9-11H2,1-2H3. The highest BCUT2D eigenvalue weighted by Gasteiger charge is 2.21. The van der Waals surface area contributed by atoms with E-state index >= 15 is 0 Å². The van der Waals surface area contributed by atoms with Crippen molar-refractivity contribution in [2.45, 2.75) is 50.2 Å². The van der Waals surface area contributed by atoms with Crippen LogP contribution in [0, 0.1) is 13.8 Å². The SMILES string of the molecule is Cc1nc(SCc2nc(-c3ccc(Cl)cc3)no2)n(CC2CCCO2)c1C. The zero-order chi connectivity index (χ0) is 18.8. The van der Waals surface area contributed by atoms with E-state index in [1.54, 1.807) is 11.8 Å². The van der Waals surface area contributed by atoms with Gasteiger partial charge in [0.1, 0.15) is 0 Å². The monoisotopic (exact) mass is 404 g/mol. The fraction of sp³-hybridized carbons (Fsp3) is 0.421. The van der Waals surface area contributed by atoms with Crippen molar-refractivity contribution < 1.29 is 9.26 Å². The first-order chi connectivity index (χ1) is 13.1. The highest BCUT2D eigenvalue weighted by atomic mass is 35.5. The summed E-state index contributed by atoms with van der Waals surface area (Å²) in [7, 11) is 0. The number of halogens is 1. The molecule has 6 nitrogen and oxygen atoms in total. The summed E-state index contributed by atoms with van der Waals surface area (Å²) in [6.07, 6.45) is 2.51. The molecule has 3 heterocycles. The third kappa shape index (κ3) is 4.20. The molecule has 142 valence electrons. The molecule has 0 amide bonds. The third-order valence-electron chi connectivity index (χ3n) is 4.73. The summed E-state index contributed by atoms with van der Waals surface area (Å²) in [6.45, 7) is 5.84. The molecular weight excluding hydrogens is 384 g/mol. The Labute approximate surface area is 167 Å². The number of aromatic nitrogens is 4. The smallest absolute Gasteiger partial charge is 0.237 e. The van der Waals surface area contributed by atoms with Crippen LogP contribution in [0.15, 0.2) is 33.9 Å². The van der Waals surface area contributed by atoms with Crippen molar-refractivity contribution in [1.82, 2.24) is 19.7 Å². The van der Waals surface area contributed by atoms with Gasteiger partial charge in [-0.25, -0.2) is 4.98 Å². The van der Waals surface area contributed by atoms with Crippen LogP contribution in [0.2, 0.25) is 5.02 Å². The molecule has 0 bridgehead atoms. The van der Waals surface area contributed by atoms with E-state index in [0.717, 1.165) is 42.4 Å². The van der Waals surface area contributed by atoms with Gasteiger partial charge in [0.15, 0.2) is 5.16 Å². The second-order valence-corrected chi connectivity index (χ2v) is 8.00. The summed E-state index contributed by atoms with van der Waals surface area (Å²) < 4.78 is 13.4. The molecule has 0 radical (unpaired) electrons. The number of rotatable bonds is 6. The molecule has 4 rings (SSSR count). The summed E-state index contributed by atoms with van der Waals surface area (Å²) >= 11 is 7.53. The highest BCUT2D eigenvalue weighted by molar-refractivity contribution is 7.98. The summed E-state index contributed by atoms with van der Waals surface area (Å²) in [4.78, 5) is 9.19. The van der Waals surface area contributed by atoms with Gasteiger partial charge < -0.3 is 13.8 Å². The maximum absolute atomic E-state index is 5.93. The molecule has 0 N–H and O–H groups in total. The van der Waals surface area contributed by atoms with Gasteiger partial charge in [-0.15, -0.1) is 0 Å². The van der Waals surface area contributed by atoms with E-state index in [9.17, 15) is 0 Å². The van der Waals surface area contributed by atoms with Crippen molar-refractivity contribution in [2.24, 2.45) is 0 Å². The predicted molar refractivity (Wildman–Crippen MR) is 105 cm³/mol. The maximum atomic E-state index is 5.93. The Morgan fingerprint density at radius 3 is 2.78 bits per heavy atom. The van der Waals surface area contributed by atoms with Crippen LogP contribution >= 0.6 is 23.4 Å². The van der Waals surface area contributed by atoms with Crippen molar-refractivity contribution >= 4 is 23.4 Å². The van der Waals surface area contributed by atoms with Crippen molar-refractivity contribution in [3.63, 3.8) is 0 Å². The van der Waals surface area contributed by atoms with Gasteiger partial charge >= 0.3 is 0 Å². The number of imidazole rings is 1. The van der Waals surface area contributed by atoms with Gasteiger partial charge in [0, 0.05) is 22.9 Å². The molecule has 2 aromatic heterocycles. The molecule has 1 atom stereocenters. The Hall–Kier alpha value is -1.83. The molecular formula is C19H21ClN4O2S. The average Bonchev–Trinajstić information content (AvgIpc) is 3.39. The van der Waals surface area contributed by atoms with Crippen molar-refractivity contribution in [3.05, 3.63) is 46.6 Å². The Kier molecular flexibility index (Phi) is 5.52. The van der Waals surface area contributed by atoms with Crippen LogP contribution in [-0.4, -0.2) is 32.4 Å². The lowest BCUT2D eigenvalue weighted by Gasteiger charge is -2.14. The van der Waals surface area contributed by atoms with Crippen LogP contribution in [-0.2, 0) is 17.0 Å². The van der Waals surface area contributed by atoms with Gasteiger partial charge in [-0.1, -0.05) is 28.5 Å². The molecule has 8 heteroatoms. The van der Waals surface area contributed by atoms with Crippen molar-refractivity contribution in [3.8, 4) is 11.4 Å². The predicted octanol–water partition coefficient (Wildman–Crippen LogP) is 4.67. The lowest BCUT2D eigenvalue weighted by molar-refractivity contribution is 0.0945. The van der Waals surface area contributed by atoms with Crippen LogP contribution < -0.4 is 0 Å². The maximum Gasteiger partial charge on any atom is 0.237 e. The second kappa shape index (κ2) is 8.04. The normalized spacial score (nSPS) is 16.9. The Balaban J connectivity index is 1.46. The van der Waals surface area contributed by atoms with Gasteiger partial charge in [-0.2, -0.15) is 4.98 Å². The molecule has 0 saturated carbocycles. The van der Waals surface area contributed by atoms with E-state index in [2.05, 4.69) is 21.6 Å². The zero-order valence-electron chi connectivity index (χ0n) is 15.3. The van der Waals surface area contributed by atoms with E-state index in [0.29, 0.717) is 22.5 Å². The van der Waals surface area contributed by atoms with E-state index in [-0.39, 0.29) is 6.10 Å². The average molecular weight is 405 g/mol. The van der Waals surface area contributed by atoms with Gasteiger partial charge in [0.05, 0.1) is 24.1 Å². The fourth-order valence-corrected chi connectivity index (χ4v) is 4.16. The van der Waals surface area contributed by atoms with Crippen LogP contribution in [0.1, 0.15) is 30.1 Å². The summed E-state index contributed by atoms with van der Waals surface area (Å²) in [5, 5.41) is 5.71. The molecule has 1 fully saturated rings. The molecule has 0 spiro atoms. The highest BCUT2D eigenvalue weighted by Crippen LogP contribution is 2.27. The number of thioether (sulfide) groups is 1. The van der Waals surface area contributed by atoms with E-state index < -0.39 is 0 Å². The Morgan fingerprint density at radius 1 is 1.22 bits per heavy atom. The van der Waals surface area contributed by atoms with Crippen LogP contribution in [0.25, 0.3) is 11.4 Å². The quantitative estimate of drug-likeness (QED) is 0.556. The number of ether oxygens (including phenoxy) is 1. The summed E-state index contributed by atoms with van der Waals surface area (Å²) in [6, 6.07) is 7.39. The molecule has 27 heavy (non-hydrogen) atoms. The van der Waals surface area contributed by atoms with Gasteiger partial charge in [-0.3, -0.25) is 0 Å². The van der Waals surface area contributed by atoms with Crippen LogP contribution in [0.4, 0.5) is 0 Å². The minimum atomic E-state index is 0.275. The second-order valence-electron chi connectivity index (χ2n) is 6.62. The van der Waals surface area contributed by atoms with Gasteiger partial charge in [-0.05, 0) is 51.0 Å². The molecule has 1 unspecified atom stereocenters. The minimum absolute atomic E-state index is 0.275. The molecule has 3 aromatic rings. The molecule has 1 aliphatic rings. The first kappa shape index (κ1) is 18.5. The number of aryl methyl sites for hydroxylation is 1. The summed E-state index contributed by atoms with van der Waals surface area (Å²) in [5.74, 6) is 1.71. The lowest BCUT2D eigenvalue weighted by Crippen LogP contribution is -2.16. The lowest BCUT2D eigenvalue weighted by atomic mass is 10.2. The zero-order valence-corrected chi connectivity index (χ0v) is 16.9. The van der Waals surface area contributed by atoms with Crippen LogP contribution in [0.3, 0.4) is 0 Å². The van der Waals surface area contributed by atoms with E-state index in [1.165, 1.54) is 5.69 Å². The molecule has 1 aliphatic heterocycles. The fourth-order valence-electron chi connectivity index (χ4n) is 3.10. The minimum Gasteiger partial charge on any atom is -0.376 e. The summed E-state index contributed by atoms with van der Waals surface area (Å²) in [5.41, 5.74) is 3.11. The van der Waals surface area contributed by atoms with Gasteiger partial charge in [0.2, 0.25) is 11.7 Å². The Bertz CT molecular complexity index is 916. The number of hydrogen-bond donors (Lipinski definition) is 0. The van der Waals surface area contributed by atoms with E-state index in [4.69, 9.17) is 25.8 Å². The van der Waals surface area contributed by atoms with Crippen LogP contribution in [0.5, 0.6) is 0 Å². The largest absolute Gasteiger partial charge is 0.376 e. The number of benzene rings is 1. The number of hydrogen-bond acceptors (Lipinski definition) is 6.